The monoisotopic (exact) mass is 232 g/mol. The molecule has 0 radical (unpaired) electrons. The van der Waals surface area contributed by atoms with E-state index >= 15 is 0 Å². The molecule has 1 fully saturated rings. The minimum absolute atomic E-state index is 0.0785. The summed E-state index contributed by atoms with van der Waals surface area (Å²) in [4.78, 5) is 2.21. The Kier molecular flexibility index (Phi) is 3.85. The van der Waals surface area contributed by atoms with Crippen molar-refractivity contribution in [2.45, 2.75) is 44.2 Å². The van der Waals surface area contributed by atoms with Gasteiger partial charge >= 0.3 is 0 Å². The van der Waals surface area contributed by atoms with Crippen molar-refractivity contribution < 1.29 is 0 Å². The van der Waals surface area contributed by atoms with Crippen LogP contribution in [0.4, 0.5) is 0 Å². The largest absolute Gasteiger partial charge is 0.321 e. The number of nitrogens with two attached hydrogens (primary N) is 1. The summed E-state index contributed by atoms with van der Waals surface area (Å²) in [5.41, 5.74) is 9.32. The number of hydrogen-bond acceptors (Lipinski definition) is 2. The van der Waals surface area contributed by atoms with Gasteiger partial charge in [0.25, 0.3) is 0 Å². The van der Waals surface area contributed by atoms with Crippen LogP contribution < -0.4 is 5.73 Å². The second-order valence-corrected chi connectivity index (χ2v) is 5.61. The van der Waals surface area contributed by atoms with Crippen molar-refractivity contribution in [3.63, 3.8) is 0 Å². The van der Waals surface area contributed by atoms with Crippen molar-refractivity contribution in [2.24, 2.45) is 5.73 Å². The van der Waals surface area contributed by atoms with E-state index in [4.69, 9.17) is 5.73 Å². The molecule has 0 unspecified atom stereocenters. The fourth-order valence-corrected chi connectivity index (χ4v) is 2.94. The molecule has 2 heteroatoms. The Morgan fingerprint density at radius 1 is 1.12 bits per heavy atom. The number of nitrogens with zero attached hydrogens (tertiary/aromatic N) is 1. The van der Waals surface area contributed by atoms with Crippen molar-refractivity contribution >= 4 is 0 Å². The zero-order valence-corrected chi connectivity index (χ0v) is 11.1. The predicted molar refractivity (Wildman–Crippen MR) is 72.8 cm³/mol. The second-order valence-electron chi connectivity index (χ2n) is 5.61. The number of benzene rings is 1. The van der Waals surface area contributed by atoms with Gasteiger partial charge in [0.05, 0.1) is 0 Å². The third kappa shape index (κ3) is 2.88. The first-order valence-electron chi connectivity index (χ1n) is 6.64. The lowest BCUT2D eigenvalue weighted by Crippen LogP contribution is -2.39. The standard InChI is InChI=1S/C15H24N2/c1-17(2)12-13-8-4-5-9-14(13)15(16)10-6-3-7-11-15/h4-5,8-9H,3,6-7,10-12,16H2,1-2H3. The van der Waals surface area contributed by atoms with Gasteiger partial charge in [-0.15, -0.1) is 0 Å². The van der Waals surface area contributed by atoms with E-state index in [0.717, 1.165) is 19.4 Å². The molecule has 0 aromatic heterocycles. The van der Waals surface area contributed by atoms with Crippen LogP contribution in [0.2, 0.25) is 0 Å². The van der Waals surface area contributed by atoms with Crippen LogP contribution in [0.25, 0.3) is 0 Å². The summed E-state index contributed by atoms with van der Waals surface area (Å²) in [6.45, 7) is 0.981. The zero-order chi connectivity index (χ0) is 12.3. The molecule has 0 atom stereocenters. The smallest absolute Gasteiger partial charge is 0.0412 e. The minimum Gasteiger partial charge on any atom is -0.321 e. The molecular weight excluding hydrogens is 208 g/mol. The van der Waals surface area contributed by atoms with Gasteiger partial charge in [-0.3, -0.25) is 0 Å². The summed E-state index contributed by atoms with van der Waals surface area (Å²) in [5.74, 6) is 0. The maximum absolute atomic E-state index is 6.64. The Labute approximate surface area is 105 Å². The molecule has 0 heterocycles. The van der Waals surface area contributed by atoms with E-state index in [1.165, 1.54) is 30.4 Å². The Morgan fingerprint density at radius 3 is 2.41 bits per heavy atom. The summed E-state index contributed by atoms with van der Waals surface area (Å²) < 4.78 is 0. The quantitative estimate of drug-likeness (QED) is 0.868. The molecule has 1 saturated carbocycles. The van der Waals surface area contributed by atoms with Gasteiger partial charge in [-0.2, -0.15) is 0 Å². The topological polar surface area (TPSA) is 29.3 Å². The average Bonchev–Trinajstić information content (AvgIpc) is 2.30. The molecule has 1 aromatic rings. The first kappa shape index (κ1) is 12.6. The van der Waals surface area contributed by atoms with Crippen molar-refractivity contribution in [2.75, 3.05) is 14.1 Å². The first-order chi connectivity index (χ1) is 8.12. The van der Waals surface area contributed by atoms with Crippen LogP contribution in [0.1, 0.15) is 43.2 Å². The lowest BCUT2D eigenvalue weighted by Gasteiger charge is -2.36. The molecule has 0 amide bonds. The summed E-state index contributed by atoms with van der Waals surface area (Å²) in [7, 11) is 4.22. The lowest BCUT2D eigenvalue weighted by molar-refractivity contribution is 0.296. The summed E-state index contributed by atoms with van der Waals surface area (Å²) >= 11 is 0. The van der Waals surface area contributed by atoms with Crippen LogP contribution in [0, 0.1) is 0 Å². The van der Waals surface area contributed by atoms with E-state index in [2.05, 4.69) is 43.3 Å². The zero-order valence-electron chi connectivity index (χ0n) is 11.1. The predicted octanol–water partition coefficient (Wildman–Crippen LogP) is 2.87. The highest BCUT2D eigenvalue weighted by atomic mass is 15.0. The average molecular weight is 232 g/mol. The van der Waals surface area contributed by atoms with E-state index in [1.54, 1.807) is 0 Å². The van der Waals surface area contributed by atoms with Gasteiger partial charge in [0.15, 0.2) is 0 Å². The molecule has 0 aliphatic heterocycles. The van der Waals surface area contributed by atoms with Crippen molar-refractivity contribution in [1.29, 1.82) is 0 Å². The lowest BCUT2D eigenvalue weighted by atomic mass is 9.76. The molecule has 2 nitrogen and oxygen atoms in total. The molecule has 2 N–H and O–H groups in total. The molecule has 1 aliphatic rings. The third-order valence-electron chi connectivity index (χ3n) is 3.79. The molecule has 1 aromatic carbocycles. The summed E-state index contributed by atoms with van der Waals surface area (Å²) in [5, 5.41) is 0. The molecule has 94 valence electrons. The SMILES string of the molecule is CN(C)Cc1ccccc1C1(N)CCCCC1. The van der Waals surface area contributed by atoms with E-state index in [1.807, 2.05) is 0 Å². The van der Waals surface area contributed by atoms with Crippen LogP contribution in [0.3, 0.4) is 0 Å². The normalized spacial score (nSPS) is 19.5. The Bertz CT molecular complexity index is 365. The molecule has 1 aliphatic carbocycles. The van der Waals surface area contributed by atoms with Crippen LogP contribution in [-0.2, 0) is 12.1 Å². The van der Waals surface area contributed by atoms with E-state index in [0.29, 0.717) is 0 Å². The highest BCUT2D eigenvalue weighted by molar-refractivity contribution is 5.34. The molecule has 17 heavy (non-hydrogen) atoms. The molecular formula is C15H24N2. The van der Waals surface area contributed by atoms with Crippen LogP contribution in [-0.4, -0.2) is 19.0 Å². The van der Waals surface area contributed by atoms with Crippen molar-refractivity contribution in [3.05, 3.63) is 35.4 Å². The first-order valence-corrected chi connectivity index (χ1v) is 6.64. The van der Waals surface area contributed by atoms with Crippen molar-refractivity contribution in [3.8, 4) is 0 Å². The highest BCUT2D eigenvalue weighted by Gasteiger charge is 2.30. The maximum Gasteiger partial charge on any atom is 0.0412 e. The second kappa shape index (κ2) is 5.19. The highest BCUT2D eigenvalue weighted by Crippen LogP contribution is 2.36. The Balaban J connectivity index is 2.29. The van der Waals surface area contributed by atoms with Gasteiger partial charge in [-0.25, -0.2) is 0 Å². The van der Waals surface area contributed by atoms with Crippen molar-refractivity contribution in [1.82, 2.24) is 4.90 Å². The molecule has 0 bridgehead atoms. The van der Waals surface area contributed by atoms with Crippen LogP contribution in [0.15, 0.2) is 24.3 Å². The van der Waals surface area contributed by atoms with Gasteiger partial charge in [-0.1, -0.05) is 43.5 Å². The maximum atomic E-state index is 6.64. The van der Waals surface area contributed by atoms with E-state index in [9.17, 15) is 0 Å². The van der Waals surface area contributed by atoms with Gasteiger partial charge in [0, 0.05) is 12.1 Å². The van der Waals surface area contributed by atoms with Gasteiger partial charge < -0.3 is 10.6 Å². The summed E-state index contributed by atoms with van der Waals surface area (Å²) in [6, 6.07) is 8.69. The molecule has 2 rings (SSSR count). The van der Waals surface area contributed by atoms with Gasteiger partial charge in [0.2, 0.25) is 0 Å². The Morgan fingerprint density at radius 2 is 1.76 bits per heavy atom. The Hall–Kier alpha value is -0.860. The fraction of sp³-hybridized carbons (Fsp3) is 0.600. The molecule has 0 saturated heterocycles. The van der Waals surface area contributed by atoms with E-state index in [-0.39, 0.29) is 5.54 Å². The third-order valence-corrected chi connectivity index (χ3v) is 3.79. The summed E-state index contributed by atoms with van der Waals surface area (Å²) in [6.07, 6.45) is 6.16. The van der Waals surface area contributed by atoms with Gasteiger partial charge in [0.1, 0.15) is 0 Å². The fourth-order valence-electron chi connectivity index (χ4n) is 2.94. The van der Waals surface area contributed by atoms with Gasteiger partial charge in [-0.05, 0) is 38.1 Å². The number of rotatable bonds is 3. The van der Waals surface area contributed by atoms with Crippen LogP contribution in [0.5, 0.6) is 0 Å². The van der Waals surface area contributed by atoms with E-state index < -0.39 is 0 Å². The molecule has 0 spiro atoms. The number of hydrogen-bond donors (Lipinski definition) is 1. The minimum atomic E-state index is -0.0785. The van der Waals surface area contributed by atoms with Crippen LogP contribution >= 0.6 is 0 Å².